The molecule has 578 valence electrons. The zero-order valence-corrected chi connectivity index (χ0v) is 74.4. The predicted molar refractivity (Wildman–Crippen MR) is 442 cm³/mol. The van der Waals surface area contributed by atoms with Crippen LogP contribution in [0.15, 0.2) is 11.1 Å². The Hall–Kier alpha value is -0.260. The summed E-state index contributed by atoms with van der Waals surface area (Å²) in [6.45, 7) is 95.9. The van der Waals surface area contributed by atoms with E-state index >= 15 is 0 Å². The van der Waals surface area contributed by atoms with E-state index in [4.69, 9.17) is 0 Å². The van der Waals surface area contributed by atoms with Crippen LogP contribution in [0.25, 0.3) is 0 Å². The van der Waals surface area contributed by atoms with Crippen molar-refractivity contribution in [2.45, 2.75) is 416 Å². The third kappa shape index (κ3) is 20.1. The molecule has 0 aromatic carbocycles. The standard InChI is InChI=1S/C98H186/c1-37-42-44-46-47-69(16)73(20)90(92(27,28)61-82-57-81(82)53-67(14)59-97(36,66(12)13)86-58-79(86)39-3)93(29,30)72(19)60-91(25,26)87(65(10)11)77(24)98(62-83(98)40-4)89-76(23)88(89)95(33,34)94(31,32)71(18)50-52-85(75(22)74(21)80(48-45-43-38-2)54-70(17)64(8)9)96(35,41-5)84-55-78(56-84)51-49-68(15)63(6)7/h63-74,76-84,86-90H,37-62H2,1-36H3. The van der Waals surface area contributed by atoms with E-state index in [9.17, 15) is 0 Å². The Morgan fingerprint density at radius 1 is 0.551 bits per heavy atom. The van der Waals surface area contributed by atoms with Crippen LogP contribution in [0, 0.1) is 197 Å². The maximum absolute atomic E-state index is 2.86. The van der Waals surface area contributed by atoms with E-state index in [1.807, 2.05) is 11.1 Å². The van der Waals surface area contributed by atoms with Gasteiger partial charge < -0.3 is 0 Å². The first-order chi connectivity index (χ1) is 45.2. The molecule has 0 heteroatoms. The van der Waals surface area contributed by atoms with E-state index in [-0.39, 0.29) is 27.1 Å². The summed E-state index contributed by atoms with van der Waals surface area (Å²) in [6, 6.07) is 0. The molecule has 98 heavy (non-hydrogen) atoms. The molecule has 0 radical (unpaired) electrons. The first kappa shape index (κ1) is 88.4. The molecule has 23 unspecified atom stereocenters. The van der Waals surface area contributed by atoms with Gasteiger partial charge in [0, 0.05) is 0 Å². The minimum Gasteiger partial charge on any atom is -0.0705 e. The van der Waals surface area contributed by atoms with Crippen LogP contribution in [0.2, 0.25) is 0 Å². The topological polar surface area (TPSA) is 0 Å². The van der Waals surface area contributed by atoms with Crippen molar-refractivity contribution < 1.29 is 0 Å². The fourth-order valence-electron chi connectivity index (χ4n) is 26.1. The number of hydrogen-bond donors (Lipinski definition) is 0. The summed E-state index contributed by atoms with van der Waals surface area (Å²) in [5, 5.41) is 0. The van der Waals surface area contributed by atoms with Crippen molar-refractivity contribution in [3.8, 4) is 0 Å². The average Bonchev–Trinajstić information content (AvgIpc) is 1.49. The fraction of sp³-hybridized carbons (Fsp3) is 0.980. The van der Waals surface area contributed by atoms with Crippen LogP contribution in [0.5, 0.6) is 0 Å². The predicted octanol–water partition coefficient (Wildman–Crippen LogP) is 32.1. The van der Waals surface area contributed by atoms with E-state index in [1.54, 1.807) is 0 Å². The van der Waals surface area contributed by atoms with Gasteiger partial charge in [0.05, 0.1) is 0 Å². The van der Waals surface area contributed by atoms with Gasteiger partial charge in [-0.2, -0.15) is 0 Å². The lowest BCUT2D eigenvalue weighted by Crippen LogP contribution is -2.48. The number of allylic oxidation sites excluding steroid dienone is 2. The van der Waals surface area contributed by atoms with Gasteiger partial charge in [-0.15, -0.1) is 0 Å². The Morgan fingerprint density at radius 2 is 1.13 bits per heavy atom. The highest BCUT2D eigenvalue weighted by atomic mass is 14.8. The van der Waals surface area contributed by atoms with Crippen LogP contribution in [0.3, 0.4) is 0 Å². The van der Waals surface area contributed by atoms with Crippen molar-refractivity contribution >= 4 is 0 Å². The molecule has 0 bridgehead atoms. The SMILES string of the molecule is CCCCCCC(C)C(C)C(C(C)(C)CC1CC1CC(C)CC(C)(C(C)C)C1CC1CC)C(C)(C)C(C)CC(C)(C)C(C(C)C)C(C)C1(C2C(C)C2C(C)(C)C(C)(C)C(C)CCC(=C(C)C(C)C(CCCCC)CC(C)C(C)C)C(C)(CC)C2CC(CCC(C)C(C)C)C2)CC1CC. The van der Waals surface area contributed by atoms with Gasteiger partial charge in [0.1, 0.15) is 0 Å². The minimum absolute atomic E-state index is 0.216. The Balaban J connectivity index is 1.41. The van der Waals surface area contributed by atoms with Gasteiger partial charge in [-0.05, 0) is 294 Å². The molecular formula is C98H186. The lowest BCUT2D eigenvalue weighted by molar-refractivity contribution is -0.0606. The molecular weight excluding hydrogens is 1180 g/mol. The monoisotopic (exact) mass is 1360 g/mol. The molecule has 0 spiro atoms. The molecule has 0 aromatic rings. The summed E-state index contributed by atoms with van der Waals surface area (Å²) >= 11 is 0. The van der Waals surface area contributed by atoms with Crippen LogP contribution >= 0.6 is 0 Å². The zero-order valence-electron chi connectivity index (χ0n) is 74.4. The molecule has 5 aliphatic rings. The van der Waals surface area contributed by atoms with Gasteiger partial charge in [0.25, 0.3) is 0 Å². The minimum atomic E-state index is 0.216. The maximum atomic E-state index is 2.86. The molecule has 0 N–H and O–H groups in total. The molecule has 0 nitrogen and oxygen atoms in total. The van der Waals surface area contributed by atoms with Crippen molar-refractivity contribution in [1.29, 1.82) is 0 Å². The quantitative estimate of drug-likeness (QED) is 0.0421. The van der Waals surface area contributed by atoms with Crippen LogP contribution in [-0.4, -0.2) is 0 Å². The highest BCUT2D eigenvalue weighted by molar-refractivity contribution is 5.26. The van der Waals surface area contributed by atoms with Gasteiger partial charge in [-0.25, -0.2) is 0 Å². The van der Waals surface area contributed by atoms with Gasteiger partial charge in [-0.1, -0.05) is 331 Å². The second kappa shape index (κ2) is 35.6. The Labute approximate surface area is 620 Å². The zero-order chi connectivity index (χ0) is 74.6. The van der Waals surface area contributed by atoms with E-state index < -0.39 is 0 Å². The van der Waals surface area contributed by atoms with Gasteiger partial charge in [0.2, 0.25) is 0 Å². The smallest absolute Gasteiger partial charge is 0.00879 e. The van der Waals surface area contributed by atoms with Gasteiger partial charge in [0.15, 0.2) is 0 Å². The lowest BCUT2D eigenvalue weighted by Gasteiger charge is -2.55. The molecule has 0 aromatic heterocycles. The van der Waals surface area contributed by atoms with Crippen LogP contribution in [0.1, 0.15) is 416 Å². The largest absolute Gasteiger partial charge is 0.0705 e. The van der Waals surface area contributed by atoms with Crippen molar-refractivity contribution in [2.24, 2.45) is 197 Å². The number of unbranched alkanes of at least 4 members (excludes halogenated alkanes) is 5. The summed E-state index contributed by atoms with van der Waals surface area (Å²) in [4.78, 5) is 0. The molecule has 5 aliphatic carbocycles. The first-order valence-corrected chi connectivity index (χ1v) is 44.9. The van der Waals surface area contributed by atoms with E-state index in [0.29, 0.717) is 63.6 Å². The molecule has 0 saturated heterocycles. The summed E-state index contributed by atoms with van der Waals surface area (Å²) in [6.07, 6.45) is 36.4. The molecule has 23 atom stereocenters. The van der Waals surface area contributed by atoms with E-state index in [0.717, 1.165) is 107 Å². The highest BCUT2D eigenvalue weighted by Crippen LogP contribution is 2.80. The summed E-state index contributed by atoms with van der Waals surface area (Å²) in [7, 11) is 0. The normalized spacial score (nSPS) is 30.7. The Kier molecular flexibility index (Phi) is 32.1. The molecule has 0 heterocycles. The van der Waals surface area contributed by atoms with Crippen molar-refractivity contribution in [1.82, 2.24) is 0 Å². The van der Waals surface area contributed by atoms with Crippen molar-refractivity contribution in [3.05, 3.63) is 11.1 Å². The fourth-order valence-corrected chi connectivity index (χ4v) is 26.1. The molecule has 5 fully saturated rings. The van der Waals surface area contributed by atoms with Crippen LogP contribution in [-0.2, 0) is 0 Å². The van der Waals surface area contributed by atoms with Gasteiger partial charge >= 0.3 is 0 Å². The Bertz CT molecular complexity index is 2350. The summed E-state index contributed by atoms with van der Waals surface area (Å²) in [5.74, 6) is 20.5. The molecule has 5 rings (SSSR count). The van der Waals surface area contributed by atoms with E-state index in [2.05, 4.69) is 249 Å². The second-order valence-electron chi connectivity index (χ2n) is 44.3. The third-order valence-corrected chi connectivity index (χ3v) is 35.5. The molecule has 0 amide bonds. The highest BCUT2D eigenvalue weighted by Gasteiger charge is 2.75. The van der Waals surface area contributed by atoms with Crippen LogP contribution < -0.4 is 0 Å². The Morgan fingerprint density at radius 3 is 1.64 bits per heavy atom. The molecule has 5 saturated carbocycles. The molecule has 0 aliphatic heterocycles. The maximum Gasteiger partial charge on any atom is -0.00879 e. The number of rotatable bonds is 49. The number of hydrogen-bond acceptors (Lipinski definition) is 0. The van der Waals surface area contributed by atoms with E-state index in [1.165, 1.54) is 167 Å². The first-order valence-electron chi connectivity index (χ1n) is 44.9. The summed E-state index contributed by atoms with van der Waals surface area (Å²) < 4.78 is 0. The van der Waals surface area contributed by atoms with Crippen LogP contribution in [0.4, 0.5) is 0 Å². The average molecular weight is 1360 g/mol. The lowest BCUT2D eigenvalue weighted by atomic mass is 9.50. The van der Waals surface area contributed by atoms with Crippen molar-refractivity contribution in [2.75, 3.05) is 0 Å². The van der Waals surface area contributed by atoms with Gasteiger partial charge in [-0.3, -0.25) is 0 Å². The summed E-state index contributed by atoms with van der Waals surface area (Å²) in [5.41, 5.74) is 6.21. The second-order valence-corrected chi connectivity index (χ2v) is 44.3. The third-order valence-electron chi connectivity index (χ3n) is 35.5. The van der Waals surface area contributed by atoms with Crippen molar-refractivity contribution in [3.63, 3.8) is 0 Å².